The van der Waals surface area contributed by atoms with Crippen molar-refractivity contribution in [3.63, 3.8) is 0 Å². The summed E-state index contributed by atoms with van der Waals surface area (Å²) >= 11 is 0. The molecule has 0 aliphatic heterocycles. The zero-order valence-corrected chi connectivity index (χ0v) is 11.6. The number of aromatic nitrogens is 2. The third-order valence-corrected chi connectivity index (χ3v) is 3.05. The van der Waals surface area contributed by atoms with Crippen LogP contribution in [0.25, 0.3) is 0 Å². The molecule has 0 amide bonds. The predicted molar refractivity (Wildman–Crippen MR) is 67.3 cm³/mol. The molecule has 0 radical (unpaired) electrons. The lowest BCUT2D eigenvalue weighted by Gasteiger charge is -2.25. The minimum absolute atomic E-state index is 0.0610. The van der Waals surface area contributed by atoms with Gasteiger partial charge in [0.2, 0.25) is 10.0 Å². The van der Waals surface area contributed by atoms with Gasteiger partial charge in [0, 0.05) is 12.1 Å². The Morgan fingerprint density at radius 1 is 1.39 bits per heavy atom. The fraction of sp³-hybridized carbons (Fsp3) is 0.600. The minimum Gasteiger partial charge on any atom is -0.366 e. The van der Waals surface area contributed by atoms with Crippen molar-refractivity contribution in [1.29, 1.82) is 0 Å². The summed E-state index contributed by atoms with van der Waals surface area (Å²) in [4.78, 5) is 7.47. The molecule has 18 heavy (non-hydrogen) atoms. The fourth-order valence-corrected chi connectivity index (χ4v) is 2.50. The van der Waals surface area contributed by atoms with Crippen LogP contribution < -0.4 is 10.0 Å². The standard InChI is InChI=1S/C10H17FN4O2S/c1-7-8(11)9(14-6-13-7)12-5-10(2,3)15-18(4,16)17/h6,15H,5H2,1-4H3,(H,12,13,14). The molecule has 0 saturated carbocycles. The van der Waals surface area contributed by atoms with Gasteiger partial charge < -0.3 is 5.32 Å². The zero-order chi connectivity index (χ0) is 14.0. The van der Waals surface area contributed by atoms with Crippen molar-refractivity contribution in [2.75, 3.05) is 18.1 Å². The first-order valence-electron chi connectivity index (χ1n) is 5.31. The molecule has 1 rings (SSSR count). The molecular formula is C10H17FN4O2S. The van der Waals surface area contributed by atoms with E-state index in [1.807, 2.05) is 0 Å². The summed E-state index contributed by atoms with van der Waals surface area (Å²) < 4.78 is 38.3. The van der Waals surface area contributed by atoms with Crippen LogP contribution in [-0.2, 0) is 10.0 Å². The van der Waals surface area contributed by atoms with Crippen molar-refractivity contribution in [3.8, 4) is 0 Å². The third-order valence-electron chi connectivity index (χ3n) is 2.12. The number of nitrogens with one attached hydrogen (secondary N) is 2. The Hall–Kier alpha value is -1.28. The highest BCUT2D eigenvalue weighted by Crippen LogP contribution is 2.13. The number of halogens is 1. The molecule has 0 bridgehead atoms. The van der Waals surface area contributed by atoms with E-state index in [-0.39, 0.29) is 18.1 Å². The number of hydrogen-bond acceptors (Lipinski definition) is 5. The van der Waals surface area contributed by atoms with Crippen LogP contribution in [0.1, 0.15) is 19.5 Å². The first kappa shape index (κ1) is 14.8. The van der Waals surface area contributed by atoms with Gasteiger partial charge in [0.25, 0.3) is 0 Å². The van der Waals surface area contributed by atoms with Gasteiger partial charge in [-0.3, -0.25) is 0 Å². The molecule has 1 heterocycles. The maximum Gasteiger partial charge on any atom is 0.209 e. The molecule has 1 aromatic heterocycles. The SMILES string of the molecule is Cc1ncnc(NCC(C)(C)NS(C)(=O)=O)c1F. The number of sulfonamides is 1. The van der Waals surface area contributed by atoms with Crippen molar-refractivity contribution in [3.05, 3.63) is 17.8 Å². The lowest BCUT2D eigenvalue weighted by atomic mass is 10.1. The fourth-order valence-electron chi connectivity index (χ4n) is 1.42. The third kappa shape index (κ3) is 4.53. The lowest BCUT2D eigenvalue weighted by Crippen LogP contribution is -2.48. The topological polar surface area (TPSA) is 84.0 Å². The van der Waals surface area contributed by atoms with Crippen LogP contribution >= 0.6 is 0 Å². The van der Waals surface area contributed by atoms with Crippen LogP contribution in [0, 0.1) is 12.7 Å². The van der Waals surface area contributed by atoms with Crippen LogP contribution in [-0.4, -0.2) is 36.7 Å². The van der Waals surface area contributed by atoms with Gasteiger partial charge in [-0.05, 0) is 20.8 Å². The van der Waals surface area contributed by atoms with Gasteiger partial charge >= 0.3 is 0 Å². The van der Waals surface area contributed by atoms with E-state index in [9.17, 15) is 12.8 Å². The van der Waals surface area contributed by atoms with Crippen molar-refractivity contribution in [1.82, 2.24) is 14.7 Å². The Balaban J connectivity index is 2.73. The summed E-state index contributed by atoms with van der Waals surface area (Å²) in [5.74, 6) is -0.474. The van der Waals surface area contributed by atoms with Crippen LogP contribution in [0.5, 0.6) is 0 Å². The second-order valence-corrected chi connectivity index (χ2v) is 6.48. The molecule has 8 heteroatoms. The van der Waals surface area contributed by atoms with E-state index in [1.165, 1.54) is 13.3 Å². The van der Waals surface area contributed by atoms with Gasteiger partial charge in [-0.15, -0.1) is 0 Å². The molecule has 6 nitrogen and oxygen atoms in total. The quantitative estimate of drug-likeness (QED) is 0.825. The number of anilines is 1. The largest absolute Gasteiger partial charge is 0.366 e. The van der Waals surface area contributed by atoms with Gasteiger partial charge in [-0.25, -0.2) is 27.5 Å². The van der Waals surface area contributed by atoms with Crippen LogP contribution in [0.4, 0.5) is 10.2 Å². The Bertz CT molecular complexity index is 531. The zero-order valence-electron chi connectivity index (χ0n) is 10.8. The maximum absolute atomic E-state index is 13.6. The normalized spacial score (nSPS) is 12.5. The van der Waals surface area contributed by atoms with Crippen molar-refractivity contribution >= 4 is 15.8 Å². The van der Waals surface area contributed by atoms with Gasteiger partial charge in [0.15, 0.2) is 11.6 Å². The Labute approximate surface area is 106 Å². The van der Waals surface area contributed by atoms with E-state index in [2.05, 4.69) is 20.0 Å². The number of rotatable bonds is 5. The summed E-state index contributed by atoms with van der Waals surface area (Å²) in [5.41, 5.74) is -0.514. The van der Waals surface area contributed by atoms with E-state index in [4.69, 9.17) is 0 Å². The van der Waals surface area contributed by atoms with Crippen LogP contribution in [0.15, 0.2) is 6.33 Å². The number of hydrogen-bond donors (Lipinski definition) is 2. The number of aryl methyl sites for hydroxylation is 1. The Morgan fingerprint density at radius 2 is 2.00 bits per heavy atom. The highest BCUT2D eigenvalue weighted by atomic mass is 32.2. The van der Waals surface area contributed by atoms with E-state index in [0.717, 1.165) is 6.26 Å². The summed E-state index contributed by atoms with van der Waals surface area (Å²) in [6.07, 6.45) is 2.32. The summed E-state index contributed by atoms with van der Waals surface area (Å²) in [7, 11) is -3.32. The molecule has 1 aromatic rings. The average Bonchev–Trinajstić information content (AvgIpc) is 2.17. The summed E-state index contributed by atoms with van der Waals surface area (Å²) in [5, 5.41) is 2.76. The van der Waals surface area contributed by atoms with E-state index in [0.29, 0.717) is 0 Å². The van der Waals surface area contributed by atoms with Crippen LogP contribution in [0.2, 0.25) is 0 Å². The van der Waals surface area contributed by atoms with Crippen molar-refractivity contribution in [2.45, 2.75) is 26.3 Å². The first-order chi connectivity index (χ1) is 8.11. The molecule has 0 spiro atoms. The monoisotopic (exact) mass is 276 g/mol. The molecule has 2 N–H and O–H groups in total. The highest BCUT2D eigenvalue weighted by Gasteiger charge is 2.22. The minimum atomic E-state index is -3.32. The summed E-state index contributed by atoms with van der Waals surface area (Å²) in [6, 6.07) is 0. The second kappa shape index (κ2) is 5.15. The molecule has 0 atom stereocenters. The molecule has 0 aromatic carbocycles. The average molecular weight is 276 g/mol. The van der Waals surface area contributed by atoms with Gasteiger partial charge in [0.05, 0.1) is 11.9 Å². The van der Waals surface area contributed by atoms with E-state index in [1.54, 1.807) is 13.8 Å². The smallest absolute Gasteiger partial charge is 0.209 e. The van der Waals surface area contributed by atoms with Gasteiger partial charge in [-0.1, -0.05) is 0 Å². The predicted octanol–water partition coefficient (Wildman–Crippen LogP) is 0.664. The second-order valence-electron chi connectivity index (χ2n) is 4.73. The molecule has 0 fully saturated rings. The van der Waals surface area contributed by atoms with Crippen molar-refractivity contribution in [2.24, 2.45) is 0 Å². The molecule has 102 valence electrons. The molecule has 0 aliphatic rings. The first-order valence-corrected chi connectivity index (χ1v) is 7.20. The van der Waals surface area contributed by atoms with E-state index < -0.39 is 21.4 Å². The molecule has 0 aliphatic carbocycles. The van der Waals surface area contributed by atoms with Crippen molar-refractivity contribution < 1.29 is 12.8 Å². The Kier molecular flexibility index (Phi) is 4.23. The van der Waals surface area contributed by atoms with Gasteiger partial charge in [0.1, 0.15) is 6.33 Å². The summed E-state index contributed by atoms with van der Waals surface area (Å²) in [6.45, 7) is 5.11. The number of nitrogens with zero attached hydrogens (tertiary/aromatic N) is 2. The molecule has 0 saturated heterocycles. The Morgan fingerprint density at radius 3 is 2.56 bits per heavy atom. The van der Waals surface area contributed by atoms with E-state index >= 15 is 0 Å². The molecular weight excluding hydrogens is 259 g/mol. The van der Waals surface area contributed by atoms with Crippen LogP contribution in [0.3, 0.4) is 0 Å². The van der Waals surface area contributed by atoms with Gasteiger partial charge in [-0.2, -0.15) is 0 Å². The maximum atomic E-state index is 13.6. The lowest BCUT2D eigenvalue weighted by molar-refractivity contribution is 0.474. The molecule has 0 unspecified atom stereocenters. The highest BCUT2D eigenvalue weighted by molar-refractivity contribution is 7.88.